The Labute approximate surface area is 174 Å². The lowest BCUT2D eigenvalue weighted by molar-refractivity contribution is -0.114. The number of halogens is 1. The van der Waals surface area contributed by atoms with Gasteiger partial charge in [-0.1, -0.05) is 45.1 Å². The van der Waals surface area contributed by atoms with Gasteiger partial charge in [-0.2, -0.15) is 0 Å². The van der Waals surface area contributed by atoms with Gasteiger partial charge in [0.05, 0.1) is 6.54 Å². The molecule has 0 radical (unpaired) electrons. The molecule has 7 heteroatoms. The van der Waals surface area contributed by atoms with Crippen LogP contribution in [0, 0.1) is 0 Å². The molecule has 0 aromatic heterocycles. The molecule has 0 atom stereocenters. The highest BCUT2D eigenvalue weighted by atomic mass is 127. The number of carbonyl (C=O) groups excluding carboxylic acids is 1. The van der Waals surface area contributed by atoms with E-state index in [0.29, 0.717) is 24.9 Å². The monoisotopic (exact) mass is 476 g/mol. The number of hydrogen-bond acceptors (Lipinski definition) is 3. The van der Waals surface area contributed by atoms with E-state index in [9.17, 15) is 4.79 Å². The van der Waals surface area contributed by atoms with E-state index in [0.717, 1.165) is 18.7 Å². The number of ether oxygens (including phenoxy) is 1. The van der Waals surface area contributed by atoms with E-state index in [1.807, 2.05) is 18.2 Å². The molecule has 4 N–H and O–H groups in total. The van der Waals surface area contributed by atoms with E-state index in [1.54, 1.807) is 6.07 Å². The third-order valence-corrected chi connectivity index (χ3v) is 3.63. The normalized spacial score (nSPS) is 10.8. The molecule has 0 fully saturated rings. The zero-order valence-corrected chi connectivity index (χ0v) is 18.3. The maximum Gasteiger partial charge on any atom is 0.221 e. The van der Waals surface area contributed by atoms with Gasteiger partial charge in [0.2, 0.25) is 5.91 Å². The molecule has 0 saturated heterocycles. The summed E-state index contributed by atoms with van der Waals surface area (Å²) in [5.74, 6) is 1.06. The Bertz CT molecular complexity index is 538. The first-order valence-electron chi connectivity index (χ1n) is 9.16. The molecule has 1 rings (SSSR count). The summed E-state index contributed by atoms with van der Waals surface area (Å²) < 4.78 is 5.63. The van der Waals surface area contributed by atoms with Crippen molar-refractivity contribution in [2.24, 2.45) is 10.7 Å². The molecule has 1 amide bonds. The number of hydrogen-bond donors (Lipinski definition) is 3. The Kier molecular flexibility index (Phi) is 14.8. The molecule has 0 unspecified atom stereocenters. The Morgan fingerprint density at radius 2 is 1.92 bits per heavy atom. The van der Waals surface area contributed by atoms with Crippen molar-refractivity contribution in [1.29, 1.82) is 0 Å². The Hall–Kier alpha value is -1.51. The van der Waals surface area contributed by atoms with Crippen LogP contribution < -0.4 is 21.1 Å². The lowest BCUT2D eigenvalue weighted by Crippen LogP contribution is -2.34. The van der Waals surface area contributed by atoms with Gasteiger partial charge < -0.3 is 21.1 Å². The van der Waals surface area contributed by atoms with Crippen LogP contribution in [0.1, 0.15) is 52.4 Å². The Balaban J connectivity index is 0.00000625. The summed E-state index contributed by atoms with van der Waals surface area (Å²) in [4.78, 5) is 15.4. The number of amides is 1. The minimum atomic E-state index is -0.104. The van der Waals surface area contributed by atoms with Crippen LogP contribution >= 0.6 is 24.0 Å². The second-order valence-corrected chi connectivity index (χ2v) is 6.02. The van der Waals surface area contributed by atoms with Crippen LogP contribution in [-0.4, -0.2) is 31.6 Å². The summed E-state index contributed by atoms with van der Waals surface area (Å²) in [5, 5.41) is 5.77. The average molecular weight is 476 g/mol. The highest BCUT2D eigenvalue weighted by molar-refractivity contribution is 14.0. The van der Waals surface area contributed by atoms with Crippen molar-refractivity contribution in [3.63, 3.8) is 0 Å². The predicted octanol–water partition coefficient (Wildman–Crippen LogP) is 3.91. The van der Waals surface area contributed by atoms with Crippen LogP contribution in [0.4, 0.5) is 5.69 Å². The fourth-order valence-electron chi connectivity index (χ4n) is 2.36. The molecule has 1 aromatic carbocycles. The van der Waals surface area contributed by atoms with Crippen LogP contribution in [0.25, 0.3) is 0 Å². The van der Waals surface area contributed by atoms with Gasteiger partial charge in [0, 0.05) is 25.2 Å². The number of nitrogens with one attached hydrogen (secondary N) is 2. The molecule has 1 aromatic rings. The molecule has 0 aliphatic heterocycles. The van der Waals surface area contributed by atoms with Crippen molar-refractivity contribution in [3.8, 4) is 5.75 Å². The van der Waals surface area contributed by atoms with Gasteiger partial charge in [0.1, 0.15) is 12.4 Å². The SMILES string of the molecule is CCCCCCCCN=C(N)NCCOc1cccc(NC(C)=O)c1.I. The quantitative estimate of drug-likeness (QED) is 0.185. The maximum atomic E-state index is 11.0. The van der Waals surface area contributed by atoms with Crippen LogP contribution in [0.3, 0.4) is 0 Å². The molecule has 0 aliphatic carbocycles. The summed E-state index contributed by atoms with van der Waals surface area (Å²) in [6, 6.07) is 7.29. The fourth-order valence-corrected chi connectivity index (χ4v) is 2.36. The van der Waals surface area contributed by atoms with Crippen molar-refractivity contribution in [2.75, 3.05) is 25.0 Å². The van der Waals surface area contributed by atoms with Crippen molar-refractivity contribution >= 4 is 41.5 Å². The standard InChI is InChI=1S/C19H32N4O2.HI/c1-3-4-5-6-7-8-12-21-19(20)22-13-14-25-18-11-9-10-17(15-18)23-16(2)24;/h9-11,15H,3-8,12-14H2,1-2H3,(H,23,24)(H3,20,21,22);1H. The number of carbonyl (C=O) groups is 1. The number of nitrogens with zero attached hydrogens (tertiary/aromatic N) is 1. The number of benzene rings is 1. The first-order valence-corrected chi connectivity index (χ1v) is 9.16. The summed E-state index contributed by atoms with van der Waals surface area (Å²) in [5.41, 5.74) is 6.55. The van der Waals surface area contributed by atoms with Crippen molar-refractivity contribution < 1.29 is 9.53 Å². The molecule has 0 spiro atoms. The van der Waals surface area contributed by atoms with Crippen molar-refractivity contribution in [3.05, 3.63) is 24.3 Å². The molecule has 148 valence electrons. The number of aliphatic imine (C=N–C) groups is 1. The van der Waals surface area contributed by atoms with Crippen LogP contribution in [0.5, 0.6) is 5.75 Å². The zero-order valence-electron chi connectivity index (χ0n) is 15.9. The van der Waals surface area contributed by atoms with E-state index >= 15 is 0 Å². The lowest BCUT2D eigenvalue weighted by atomic mass is 10.1. The highest BCUT2D eigenvalue weighted by Gasteiger charge is 1.99. The van der Waals surface area contributed by atoms with Crippen molar-refractivity contribution in [2.45, 2.75) is 52.4 Å². The largest absolute Gasteiger partial charge is 0.492 e. The van der Waals surface area contributed by atoms with E-state index in [2.05, 4.69) is 22.5 Å². The van der Waals surface area contributed by atoms with Crippen LogP contribution in [-0.2, 0) is 4.79 Å². The minimum Gasteiger partial charge on any atom is -0.492 e. The third kappa shape index (κ3) is 12.8. The van der Waals surface area contributed by atoms with Gasteiger partial charge in [-0.15, -0.1) is 24.0 Å². The highest BCUT2D eigenvalue weighted by Crippen LogP contribution is 2.16. The van der Waals surface area contributed by atoms with Gasteiger partial charge in [0.25, 0.3) is 0 Å². The summed E-state index contributed by atoms with van der Waals surface area (Å²) in [6.45, 7) is 5.52. The molecular weight excluding hydrogens is 443 g/mol. The zero-order chi connectivity index (χ0) is 18.3. The van der Waals surface area contributed by atoms with E-state index < -0.39 is 0 Å². The van der Waals surface area contributed by atoms with Gasteiger partial charge in [-0.3, -0.25) is 9.79 Å². The molecule has 0 saturated carbocycles. The number of guanidine groups is 1. The van der Waals surface area contributed by atoms with Gasteiger partial charge in [0.15, 0.2) is 5.96 Å². The predicted molar refractivity (Wildman–Crippen MR) is 120 cm³/mol. The maximum absolute atomic E-state index is 11.0. The smallest absolute Gasteiger partial charge is 0.221 e. The van der Waals surface area contributed by atoms with E-state index in [4.69, 9.17) is 10.5 Å². The van der Waals surface area contributed by atoms with Gasteiger partial charge in [-0.25, -0.2) is 0 Å². The van der Waals surface area contributed by atoms with Crippen LogP contribution in [0.2, 0.25) is 0 Å². The number of unbranched alkanes of at least 4 members (excludes halogenated alkanes) is 5. The third-order valence-electron chi connectivity index (χ3n) is 3.63. The number of rotatable bonds is 12. The topological polar surface area (TPSA) is 88.7 Å². The van der Waals surface area contributed by atoms with E-state index in [-0.39, 0.29) is 29.9 Å². The lowest BCUT2D eigenvalue weighted by Gasteiger charge is -2.09. The molecule has 0 aliphatic rings. The molecule has 0 heterocycles. The molecular formula is C19H33IN4O2. The second kappa shape index (κ2) is 15.7. The molecule has 0 bridgehead atoms. The van der Waals surface area contributed by atoms with E-state index in [1.165, 1.54) is 39.0 Å². The first-order chi connectivity index (χ1) is 12.1. The fraction of sp³-hybridized carbons (Fsp3) is 0.579. The number of anilines is 1. The van der Waals surface area contributed by atoms with Crippen molar-refractivity contribution in [1.82, 2.24) is 5.32 Å². The Morgan fingerprint density at radius 3 is 2.65 bits per heavy atom. The van der Waals surface area contributed by atoms with Crippen LogP contribution in [0.15, 0.2) is 29.3 Å². The second-order valence-electron chi connectivity index (χ2n) is 6.02. The average Bonchev–Trinajstić information content (AvgIpc) is 2.58. The summed E-state index contributed by atoms with van der Waals surface area (Å²) in [6.07, 6.45) is 7.48. The van der Waals surface area contributed by atoms with Gasteiger partial charge >= 0.3 is 0 Å². The minimum absolute atomic E-state index is 0. The summed E-state index contributed by atoms with van der Waals surface area (Å²) >= 11 is 0. The Morgan fingerprint density at radius 1 is 1.19 bits per heavy atom. The summed E-state index contributed by atoms with van der Waals surface area (Å²) in [7, 11) is 0. The number of nitrogens with two attached hydrogens (primary N) is 1. The molecule has 26 heavy (non-hydrogen) atoms. The first kappa shape index (κ1) is 24.5. The molecule has 6 nitrogen and oxygen atoms in total. The van der Waals surface area contributed by atoms with Gasteiger partial charge in [-0.05, 0) is 18.6 Å².